The van der Waals surface area contributed by atoms with Crippen molar-refractivity contribution in [2.75, 3.05) is 19.9 Å². The molecule has 1 aliphatic heterocycles. The number of hydrogen-bond donors (Lipinski definition) is 4. The van der Waals surface area contributed by atoms with Crippen LogP contribution in [-0.2, 0) is 17.9 Å². The number of fused-ring (bicyclic) bond motifs is 2. The quantitative estimate of drug-likeness (QED) is 0.118. The van der Waals surface area contributed by atoms with E-state index in [1.807, 2.05) is 84.3 Å². The van der Waals surface area contributed by atoms with Crippen molar-refractivity contribution in [2.45, 2.75) is 45.4 Å². The molecule has 0 aliphatic carbocycles. The highest BCUT2D eigenvalue weighted by Gasteiger charge is 2.27. The van der Waals surface area contributed by atoms with Crippen LogP contribution in [0.1, 0.15) is 46.4 Å². The molecule has 0 fully saturated rings. The Kier molecular flexibility index (Phi) is 10.2. The van der Waals surface area contributed by atoms with E-state index in [0.29, 0.717) is 59.9 Å². The van der Waals surface area contributed by atoms with Crippen LogP contribution < -0.4 is 30.2 Å². The number of ether oxygens (including phenoxy) is 3. The van der Waals surface area contributed by atoms with Crippen LogP contribution in [0.2, 0.25) is 0 Å². The minimum atomic E-state index is -1.13. The topological polar surface area (TPSA) is 164 Å². The van der Waals surface area contributed by atoms with Crippen molar-refractivity contribution in [1.29, 1.82) is 5.26 Å². The van der Waals surface area contributed by atoms with E-state index in [4.69, 9.17) is 24.6 Å². The number of nitrogens with one attached hydrogen (secondary N) is 3. The number of rotatable bonds is 14. The number of hydrogen-bond acceptors (Lipinski definition) is 7. The zero-order valence-electron chi connectivity index (χ0n) is 25.4. The van der Waals surface area contributed by atoms with E-state index in [2.05, 4.69) is 16.0 Å². The molecule has 2 heterocycles. The van der Waals surface area contributed by atoms with Gasteiger partial charge < -0.3 is 39.8 Å². The van der Waals surface area contributed by atoms with Crippen molar-refractivity contribution in [3.8, 4) is 23.3 Å². The van der Waals surface area contributed by atoms with Gasteiger partial charge in [0.25, 0.3) is 5.91 Å². The Morgan fingerprint density at radius 1 is 1.04 bits per heavy atom. The molecular weight excluding hydrogens is 590 g/mol. The van der Waals surface area contributed by atoms with Gasteiger partial charge in [-0.3, -0.25) is 9.59 Å². The molecular formula is C34H35N5O7. The highest BCUT2D eigenvalue weighted by Crippen LogP contribution is 2.37. The molecule has 3 amide bonds. The Morgan fingerprint density at radius 3 is 2.65 bits per heavy atom. The van der Waals surface area contributed by atoms with Crippen LogP contribution in [0.5, 0.6) is 17.2 Å². The van der Waals surface area contributed by atoms with E-state index in [0.717, 1.165) is 16.6 Å². The van der Waals surface area contributed by atoms with E-state index >= 15 is 0 Å². The lowest BCUT2D eigenvalue weighted by molar-refractivity contribution is -0.122. The summed E-state index contributed by atoms with van der Waals surface area (Å²) in [5.41, 5.74) is 3.73. The molecule has 0 saturated heterocycles. The lowest BCUT2D eigenvalue weighted by atomic mass is 10.1. The van der Waals surface area contributed by atoms with E-state index in [-0.39, 0.29) is 26.3 Å². The number of nitrogens with zero attached hydrogens (tertiary/aromatic N) is 2. The molecule has 0 radical (unpaired) electrons. The van der Waals surface area contributed by atoms with Crippen molar-refractivity contribution in [1.82, 2.24) is 20.5 Å². The van der Waals surface area contributed by atoms with Gasteiger partial charge in [0.15, 0.2) is 11.5 Å². The van der Waals surface area contributed by atoms with Crippen LogP contribution in [0.25, 0.3) is 10.9 Å². The highest BCUT2D eigenvalue weighted by atomic mass is 16.7. The van der Waals surface area contributed by atoms with Crippen LogP contribution in [0, 0.1) is 18.3 Å². The zero-order chi connectivity index (χ0) is 32.5. The van der Waals surface area contributed by atoms with Crippen LogP contribution >= 0.6 is 0 Å². The lowest BCUT2D eigenvalue weighted by Gasteiger charge is -2.18. The maximum Gasteiger partial charge on any atom is 0.404 e. The van der Waals surface area contributed by atoms with Gasteiger partial charge in [-0.05, 0) is 56.0 Å². The first kappa shape index (κ1) is 31.7. The van der Waals surface area contributed by atoms with Gasteiger partial charge in [-0.25, -0.2) is 4.79 Å². The molecule has 238 valence electrons. The fourth-order valence-electron chi connectivity index (χ4n) is 5.49. The van der Waals surface area contributed by atoms with Gasteiger partial charge in [0.2, 0.25) is 12.7 Å². The third kappa shape index (κ3) is 7.50. The van der Waals surface area contributed by atoms with Crippen molar-refractivity contribution in [3.63, 3.8) is 0 Å². The Labute approximate surface area is 265 Å². The summed E-state index contributed by atoms with van der Waals surface area (Å²) in [6.45, 7) is 2.73. The molecule has 1 unspecified atom stereocenters. The molecule has 12 heteroatoms. The SMILES string of the molecule is Cc1c(C(=O)NC(CCCCNC(=O)O)C(=O)NCC#N)c2cc(OCc3ccccc3)ccc2n1Cc1cccc2c1OCO2. The highest BCUT2D eigenvalue weighted by molar-refractivity contribution is 6.10. The van der Waals surface area contributed by atoms with Crippen LogP contribution in [0.3, 0.4) is 0 Å². The van der Waals surface area contributed by atoms with Crippen LogP contribution in [0.15, 0.2) is 66.7 Å². The predicted molar refractivity (Wildman–Crippen MR) is 169 cm³/mol. The molecule has 4 N–H and O–H groups in total. The second-order valence-electron chi connectivity index (χ2n) is 10.8. The molecule has 0 saturated carbocycles. The molecule has 12 nitrogen and oxygen atoms in total. The number of carbonyl (C=O) groups is 3. The third-order valence-corrected chi connectivity index (χ3v) is 7.74. The van der Waals surface area contributed by atoms with E-state index in [1.54, 1.807) is 0 Å². The maximum absolute atomic E-state index is 14.0. The summed E-state index contributed by atoms with van der Waals surface area (Å²) in [6, 6.07) is 22.0. The second-order valence-corrected chi connectivity index (χ2v) is 10.8. The fraction of sp³-hybridized carbons (Fsp3) is 0.294. The summed E-state index contributed by atoms with van der Waals surface area (Å²) >= 11 is 0. The van der Waals surface area contributed by atoms with Gasteiger partial charge in [-0.15, -0.1) is 0 Å². The summed E-state index contributed by atoms with van der Waals surface area (Å²) in [4.78, 5) is 37.8. The summed E-state index contributed by atoms with van der Waals surface area (Å²) in [5.74, 6) is 0.940. The number of aromatic nitrogens is 1. The number of nitriles is 1. The van der Waals surface area contributed by atoms with E-state index in [9.17, 15) is 14.4 Å². The number of amides is 3. The van der Waals surface area contributed by atoms with Crippen molar-refractivity contribution < 1.29 is 33.7 Å². The Bertz CT molecular complexity index is 1760. The predicted octanol–water partition coefficient (Wildman–Crippen LogP) is 4.48. The first-order chi connectivity index (χ1) is 22.4. The maximum atomic E-state index is 14.0. The first-order valence-electron chi connectivity index (χ1n) is 14.9. The van der Waals surface area contributed by atoms with E-state index < -0.39 is 23.9 Å². The Hall–Kier alpha value is -5.70. The van der Waals surface area contributed by atoms with Crippen molar-refractivity contribution >= 4 is 28.8 Å². The zero-order valence-corrected chi connectivity index (χ0v) is 25.4. The average molecular weight is 626 g/mol. The standard InChI is InChI=1S/C34H35N5O7/c1-22-30(33(41)38-27(32(40)36-17-15-35)11-5-6-16-37-34(42)43)26-18-25(44-20-23-8-3-2-4-9-23)13-14-28(26)39(22)19-24-10-7-12-29-31(24)46-21-45-29/h2-4,7-10,12-14,18,27,37H,5-6,11,16-17,19-21H2,1H3,(H,36,40)(H,38,41)(H,42,43). The largest absolute Gasteiger partial charge is 0.489 e. The second kappa shape index (κ2) is 14.9. The molecule has 1 aromatic heterocycles. The lowest BCUT2D eigenvalue weighted by Crippen LogP contribution is -2.47. The Morgan fingerprint density at radius 2 is 1.87 bits per heavy atom. The van der Waals surface area contributed by atoms with Gasteiger partial charge in [0.1, 0.15) is 24.9 Å². The minimum Gasteiger partial charge on any atom is -0.489 e. The molecule has 0 spiro atoms. The van der Waals surface area contributed by atoms with Crippen molar-refractivity contribution in [3.05, 3.63) is 89.1 Å². The molecule has 5 rings (SSSR count). The van der Waals surface area contributed by atoms with Gasteiger partial charge in [0.05, 0.1) is 18.2 Å². The number of benzene rings is 3. The molecule has 4 aromatic rings. The molecule has 3 aromatic carbocycles. The molecule has 46 heavy (non-hydrogen) atoms. The average Bonchev–Trinajstić information content (AvgIpc) is 3.65. The summed E-state index contributed by atoms with van der Waals surface area (Å²) in [5, 5.41) is 26.2. The van der Waals surface area contributed by atoms with Gasteiger partial charge in [-0.1, -0.05) is 42.5 Å². The molecule has 0 bridgehead atoms. The monoisotopic (exact) mass is 625 g/mol. The van der Waals surface area contributed by atoms with Crippen LogP contribution in [-0.4, -0.2) is 53.5 Å². The van der Waals surface area contributed by atoms with Crippen molar-refractivity contribution in [2.24, 2.45) is 0 Å². The number of carboxylic acid groups (broad SMARTS) is 1. The molecule has 1 atom stereocenters. The van der Waals surface area contributed by atoms with Gasteiger partial charge >= 0.3 is 6.09 Å². The molecule has 1 aliphatic rings. The normalized spacial score (nSPS) is 12.3. The van der Waals surface area contributed by atoms with Gasteiger partial charge in [0, 0.05) is 28.7 Å². The number of carbonyl (C=O) groups excluding carboxylic acids is 2. The van der Waals surface area contributed by atoms with E-state index in [1.165, 1.54) is 0 Å². The summed E-state index contributed by atoms with van der Waals surface area (Å²) in [7, 11) is 0. The van der Waals surface area contributed by atoms with Gasteiger partial charge in [-0.2, -0.15) is 5.26 Å². The summed E-state index contributed by atoms with van der Waals surface area (Å²) < 4.78 is 19.4. The number of unbranched alkanes of at least 4 members (excludes halogenated alkanes) is 1. The minimum absolute atomic E-state index is 0.134. The smallest absolute Gasteiger partial charge is 0.404 e. The number of para-hydroxylation sites is 1. The van der Waals surface area contributed by atoms with Crippen LogP contribution in [0.4, 0.5) is 4.79 Å². The fourth-order valence-corrected chi connectivity index (χ4v) is 5.49. The summed E-state index contributed by atoms with van der Waals surface area (Å²) in [6.07, 6.45) is 0.0544. The Balaban J connectivity index is 1.46. The third-order valence-electron chi connectivity index (χ3n) is 7.74. The first-order valence-corrected chi connectivity index (χ1v) is 14.9.